The molecule has 3 rings (SSSR count). The van der Waals surface area contributed by atoms with Crippen molar-refractivity contribution >= 4 is 35.6 Å². The average molecular weight is 497 g/mol. The molecule has 2 heterocycles. The number of carbonyl (C=O) groups excluding carboxylic acids is 2. The van der Waals surface area contributed by atoms with Gasteiger partial charge in [-0.15, -0.1) is 23.7 Å². The van der Waals surface area contributed by atoms with Crippen molar-refractivity contribution in [1.29, 1.82) is 0 Å². The molecule has 0 aliphatic carbocycles. The summed E-state index contributed by atoms with van der Waals surface area (Å²) >= 11 is 1.56. The van der Waals surface area contributed by atoms with Crippen molar-refractivity contribution < 1.29 is 19.8 Å². The van der Waals surface area contributed by atoms with E-state index < -0.39 is 35.6 Å². The second-order valence-electron chi connectivity index (χ2n) is 9.37. The molecule has 33 heavy (non-hydrogen) atoms. The van der Waals surface area contributed by atoms with Crippen molar-refractivity contribution in [2.24, 2.45) is 11.1 Å². The van der Waals surface area contributed by atoms with Crippen LogP contribution in [-0.4, -0.2) is 63.3 Å². The standard InChI is InChI=1S/C23H32N4O4S.ClH/c1-13-19(32-12-25-13)15-7-5-14(6-8-15)17(11-28)26-21(30)18-9-16(29)10-27(18)22(31)20(24)23(2,3)4;/h5-8,12,16-18,20,28-29H,9-11,24H2,1-4H3,(H,26,30);1H/t16-,17?,18+,20-;/m1./s1. The quantitative estimate of drug-likeness (QED) is 0.484. The van der Waals surface area contributed by atoms with Gasteiger partial charge in [-0.3, -0.25) is 9.59 Å². The summed E-state index contributed by atoms with van der Waals surface area (Å²) < 4.78 is 0. The van der Waals surface area contributed by atoms with E-state index in [0.717, 1.165) is 21.7 Å². The van der Waals surface area contributed by atoms with Crippen molar-refractivity contribution in [3.63, 3.8) is 0 Å². The molecule has 1 aromatic carbocycles. The molecule has 1 aliphatic rings. The zero-order valence-electron chi connectivity index (χ0n) is 19.3. The molecule has 0 saturated carbocycles. The third-order valence-electron chi connectivity index (χ3n) is 5.88. The summed E-state index contributed by atoms with van der Waals surface area (Å²) in [6, 6.07) is 5.32. The first kappa shape index (κ1) is 27.2. The maximum absolute atomic E-state index is 13.0. The Kier molecular flexibility index (Phi) is 9.01. The number of likely N-dealkylation sites (tertiary alicyclic amines) is 1. The number of carbonyl (C=O) groups is 2. The number of hydrogen-bond acceptors (Lipinski definition) is 7. The van der Waals surface area contributed by atoms with Gasteiger partial charge in [0.2, 0.25) is 11.8 Å². The molecule has 1 saturated heterocycles. The smallest absolute Gasteiger partial charge is 0.243 e. The van der Waals surface area contributed by atoms with Crippen LogP contribution in [0.25, 0.3) is 10.4 Å². The Balaban J connectivity index is 0.00000385. The minimum absolute atomic E-state index is 0. The number of benzene rings is 1. The molecule has 0 bridgehead atoms. The van der Waals surface area contributed by atoms with E-state index in [9.17, 15) is 19.8 Å². The Bertz CT molecular complexity index is 960. The van der Waals surface area contributed by atoms with Gasteiger partial charge in [-0.25, -0.2) is 4.98 Å². The lowest BCUT2D eigenvalue weighted by Crippen LogP contribution is -2.55. The highest BCUT2D eigenvalue weighted by Gasteiger charge is 2.43. The third-order valence-corrected chi connectivity index (χ3v) is 6.86. The number of nitrogens with one attached hydrogen (secondary N) is 1. The minimum Gasteiger partial charge on any atom is -0.394 e. The number of rotatable bonds is 6. The van der Waals surface area contributed by atoms with E-state index in [1.54, 1.807) is 16.8 Å². The Hall–Kier alpha value is -2.04. The van der Waals surface area contributed by atoms with Crippen LogP contribution in [0.3, 0.4) is 0 Å². The Morgan fingerprint density at radius 3 is 2.45 bits per heavy atom. The summed E-state index contributed by atoms with van der Waals surface area (Å²) in [5.41, 5.74) is 10.2. The van der Waals surface area contributed by atoms with Gasteiger partial charge in [0.25, 0.3) is 0 Å². The molecule has 0 spiro atoms. The van der Waals surface area contributed by atoms with Crippen molar-refractivity contribution in [3.8, 4) is 10.4 Å². The molecular formula is C23H33ClN4O4S. The maximum atomic E-state index is 13.0. The Labute approximate surface area is 204 Å². The highest BCUT2D eigenvalue weighted by molar-refractivity contribution is 7.13. The van der Waals surface area contributed by atoms with Crippen molar-refractivity contribution in [2.75, 3.05) is 13.2 Å². The van der Waals surface area contributed by atoms with E-state index in [1.807, 2.05) is 52.0 Å². The Morgan fingerprint density at radius 1 is 1.30 bits per heavy atom. The zero-order valence-corrected chi connectivity index (χ0v) is 20.9. The van der Waals surface area contributed by atoms with Gasteiger partial charge in [0.1, 0.15) is 6.04 Å². The van der Waals surface area contributed by atoms with Crippen LogP contribution in [0.2, 0.25) is 0 Å². The summed E-state index contributed by atoms with van der Waals surface area (Å²) in [5.74, 6) is -0.781. The van der Waals surface area contributed by atoms with Gasteiger partial charge in [-0.2, -0.15) is 0 Å². The first-order valence-corrected chi connectivity index (χ1v) is 11.6. The number of β-amino-alcohol motifs (C(OH)–C–C–N with tert-alkyl or cyclic N) is 1. The first-order valence-electron chi connectivity index (χ1n) is 10.7. The van der Waals surface area contributed by atoms with Crippen LogP contribution in [0, 0.1) is 12.3 Å². The molecule has 5 N–H and O–H groups in total. The van der Waals surface area contributed by atoms with Gasteiger partial charge in [0, 0.05) is 13.0 Å². The van der Waals surface area contributed by atoms with Gasteiger partial charge in [-0.1, -0.05) is 45.0 Å². The normalized spacial score (nSPS) is 20.2. The fraction of sp³-hybridized carbons (Fsp3) is 0.522. The molecule has 2 aromatic rings. The van der Waals surface area contributed by atoms with E-state index in [2.05, 4.69) is 10.3 Å². The van der Waals surface area contributed by atoms with Gasteiger partial charge in [0.05, 0.1) is 40.9 Å². The lowest BCUT2D eigenvalue weighted by molar-refractivity contribution is -0.141. The number of nitrogens with two attached hydrogens (primary N) is 1. The molecule has 2 amide bonds. The minimum atomic E-state index is -0.834. The van der Waals surface area contributed by atoms with Crippen molar-refractivity contribution in [2.45, 2.75) is 58.3 Å². The maximum Gasteiger partial charge on any atom is 0.243 e. The van der Waals surface area contributed by atoms with Crippen LogP contribution in [-0.2, 0) is 9.59 Å². The second-order valence-corrected chi connectivity index (χ2v) is 10.2. The predicted molar refractivity (Wildman–Crippen MR) is 131 cm³/mol. The summed E-state index contributed by atoms with van der Waals surface area (Å²) in [5, 5.41) is 22.9. The van der Waals surface area contributed by atoms with Gasteiger partial charge in [-0.05, 0) is 23.5 Å². The molecule has 0 radical (unpaired) electrons. The fourth-order valence-electron chi connectivity index (χ4n) is 3.80. The molecule has 1 unspecified atom stereocenters. The number of aryl methyl sites for hydroxylation is 1. The fourth-order valence-corrected chi connectivity index (χ4v) is 4.61. The number of halogens is 1. The molecule has 182 valence electrons. The second kappa shape index (κ2) is 10.9. The lowest BCUT2D eigenvalue weighted by atomic mass is 9.86. The number of aliphatic hydroxyl groups excluding tert-OH is 2. The van der Waals surface area contributed by atoms with Crippen LogP contribution in [0.4, 0.5) is 0 Å². The first-order chi connectivity index (χ1) is 15.0. The summed E-state index contributed by atoms with van der Waals surface area (Å²) in [4.78, 5) is 32.7. The largest absolute Gasteiger partial charge is 0.394 e. The van der Waals surface area contributed by atoms with E-state index in [4.69, 9.17) is 5.73 Å². The highest BCUT2D eigenvalue weighted by Crippen LogP contribution is 2.29. The molecular weight excluding hydrogens is 464 g/mol. The van der Waals surface area contributed by atoms with E-state index in [0.29, 0.717) is 0 Å². The number of aromatic nitrogens is 1. The zero-order chi connectivity index (χ0) is 23.6. The van der Waals surface area contributed by atoms with Crippen molar-refractivity contribution in [1.82, 2.24) is 15.2 Å². The molecule has 10 heteroatoms. The van der Waals surface area contributed by atoms with Gasteiger partial charge >= 0.3 is 0 Å². The average Bonchev–Trinajstić information content (AvgIpc) is 3.35. The van der Waals surface area contributed by atoms with Crippen LogP contribution < -0.4 is 11.1 Å². The van der Waals surface area contributed by atoms with Crippen molar-refractivity contribution in [3.05, 3.63) is 41.0 Å². The summed E-state index contributed by atoms with van der Waals surface area (Å²) in [6.45, 7) is 7.29. The number of thiazole rings is 1. The number of nitrogens with zero attached hydrogens (tertiary/aromatic N) is 2. The van der Waals surface area contributed by atoms with Crippen LogP contribution in [0.1, 0.15) is 44.5 Å². The van der Waals surface area contributed by atoms with E-state index in [-0.39, 0.29) is 37.9 Å². The molecule has 4 atom stereocenters. The molecule has 1 aliphatic heterocycles. The summed E-state index contributed by atoms with van der Waals surface area (Å²) in [7, 11) is 0. The topological polar surface area (TPSA) is 129 Å². The van der Waals surface area contributed by atoms with E-state index >= 15 is 0 Å². The predicted octanol–water partition coefficient (Wildman–Crippen LogP) is 2.03. The summed E-state index contributed by atoms with van der Waals surface area (Å²) in [6.07, 6.45) is -0.660. The number of amides is 2. The molecule has 1 fully saturated rings. The van der Waals surface area contributed by atoms with Crippen LogP contribution >= 0.6 is 23.7 Å². The highest BCUT2D eigenvalue weighted by atomic mass is 35.5. The lowest BCUT2D eigenvalue weighted by Gasteiger charge is -2.33. The monoisotopic (exact) mass is 496 g/mol. The Morgan fingerprint density at radius 2 is 1.94 bits per heavy atom. The molecule has 8 nitrogen and oxygen atoms in total. The number of hydrogen-bond donors (Lipinski definition) is 4. The molecule has 1 aromatic heterocycles. The number of aliphatic hydroxyl groups is 2. The SMILES string of the molecule is Cc1ncsc1-c1ccc(C(CO)NC(=O)[C@@H]2C[C@@H](O)CN2C(=O)[C@@H](N)C(C)(C)C)cc1.Cl. The van der Waals surface area contributed by atoms with Crippen LogP contribution in [0.5, 0.6) is 0 Å². The van der Waals surface area contributed by atoms with Gasteiger partial charge in [0.15, 0.2) is 0 Å². The third kappa shape index (κ3) is 6.10. The van der Waals surface area contributed by atoms with Crippen LogP contribution in [0.15, 0.2) is 29.8 Å². The van der Waals surface area contributed by atoms with E-state index in [1.165, 1.54) is 4.90 Å². The van der Waals surface area contributed by atoms with Gasteiger partial charge < -0.3 is 26.2 Å².